The maximum Gasteiger partial charge on any atom is 0.387 e. The molecule has 1 fully saturated rings. The number of hydrogen-bond acceptors (Lipinski definition) is 5. The van der Waals surface area contributed by atoms with Gasteiger partial charge in [0.2, 0.25) is 5.82 Å². The van der Waals surface area contributed by atoms with Crippen molar-refractivity contribution in [3.8, 4) is 17.2 Å². The molecule has 0 amide bonds. The van der Waals surface area contributed by atoms with Gasteiger partial charge in [-0.25, -0.2) is 4.39 Å². The number of ether oxygens (including phenoxy) is 4. The van der Waals surface area contributed by atoms with Crippen LogP contribution in [0.15, 0.2) is 54.6 Å². The molecule has 5 nitrogen and oxygen atoms in total. The molecule has 0 saturated carbocycles. The van der Waals surface area contributed by atoms with Crippen molar-refractivity contribution in [3.63, 3.8) is 0 Å². The fourth-order valence-corrected chi connectivity index (χ4v) is 3.56. The molecule has 1 aliphatic heterocycles. The molecule has 1 saturated heterocycles. The largest absolute Gasteiger partial charge is 0.494 e. The topological polar surface area (TPSA) is 49.8 Å². The molecule has 4 rings (SSSR count). The van der Waals surface area contributed by atoms with E-state index in [1.54, 1.807) is 13.0 Å². The van der Waals surface area contributed by atoms with Crippen LogP contribution < -0.4 is 14.2 Å². The summed E-state index contributed by atoms with van der Waals surface area (Å²) in [6, 6.07) is 14.9. The van der Waals surface area contributed by atoms with Gasteiger partial charge in [0.05, 0.1) is 24.6 Å². The van der Waals surface area contributed by atoms with E-state index >= 15 is 0 Å². The SMILES string of the molecule is COc1cccc(F)c1F.Cc1nc(C2CCC(C)O2)cc(OCc2ccccc2)c1OC(F)F. The van der Waals surface area contributed by atoms with Gasteiger partial charge < -0.3 is 18.9 Å². The van der Waals surface area contributed by atoms with E-state index in [4.69, 9.17) is 9.47 Å². The molecule has 9 heteroatoms. The van der Waals surface area contributed by atoms with E-state index in [2.05, 4.69) is 14.5 Å². The van der Waals surface area contributed by atoms with Crippen molar-refractivity contribution < 1.29 is 36.5 Å². The second-order valence-corrected chi connectivity index (χ2v) is 7.88. The molecular weight excluding hydrogens is 466 g/mol. The monoisotopic (exact) mass is 493 g/mol. The van der Waals surface area contributed by atoms with E-state index in [9.17, 15) is 17.6 Å². The Hall–Kier alpha value is -3.33. The average molecular weight is 493 g/mol. The van der Waals surface area contributed by atoms with Gasteiger partial charge in [0.25, 0.3) is 0 Å². The summed E-state index contributed by atoms with van der Waals surface area (Å²) in [4.78, 5) is 4.39. The Kier molecular flexibility index (Phi) is 9.31. The predicted octanol–water partition coefficient (Wildman–Crippen LogP) is 6.78. The lowest BCUT2D eigenvalue weighted by Gasteiger charge is -2.18. The van der Waals surface area contributed by atoms with Crippen LogP contribution in [0.2, 0.25) is 0 Å². The Morgan fingerprint density at radius 2 is 1.77 bits per heavy atom. The van der Waals surface area contributed by atoms with Gasteiger partial charge in [-0.1, -0.05) is 36.4 Å². The number of aromatic nitrogens is 1. The zero-order valence-corrected chi connectivity index (χ0v) is 19.6. The lowest BCUT2D eigenvalue weighted by atomic mass is 10.1. The van der Waals surface area contributed by atoms with Crippen molar-refractivity contribution in [3.05, 3.63) is 83.2 Å². The van der Waals surface area contributed by atoms with Crippen LogP contribution in [-0.2, 0) is 11.3 Å². The van der Waals surface area contributed by atoms with Crippen LogP contribution in [0.25, 0.3) is 0 Å². The number of hydrogen-bond donors (Lipinski definition) is 0. The van der Waals surface area contributed by atoms with Gasteiger partial charge in [0.15, 0.2) is 23.1 Å². The molecule has 35 heavy (non-hydrogen) atoms. The zero-order valence-electron chi connectivity index (χ0n) is 19.6. The van der Waals surface area contributed by atoms with Crippen LogP contribution in [0.1, 0.15) is 42.8 Å². The third kappa shape index (κ3) is 7.32. The highest BCUT2D eigenvalue weighted by Crippen LogP contribution is 2.38. The Balaban J connectivity index is 0.000000287. The second kappa shape index (κ2) is 12.4. The summed E-state index contributed by atoms with van der Waals surface area (Å²) in [5.74, 6) is -1.67. The van der Waals surface area contributed by atoms with Gasteiger partial charge in [0, 0.05) is 6.07 Å². The van der Waals surface area contributed by atoms with Crippen molar-refractivity contribution in [2.24, 2.45) is 0 Å². The molecule has 3 aromatic rings. The van der Waals surface area contributed by atoms with Crippen molar-refractivity contribution in [2.75, 3.05) is 7.11 Å². The molecule has 2 aromatic carbocycles. The molecule has 0 spiro atoms. The molecule has 0 radical (unpaired) electrons. The normalized spacial score (nSPS) is 17.0. The minimum absolute atomic E-state index is 0.0271. The van der Waals surface area contributed by atoms with E-state index < -0.39 is 18.2 Å². The molecule has 1 aliphatic rings. The molecular formula is C26H27F4NO4. The van der Waals surface area contributed by atoms with Crippen LogP contribution in [0.5, 0.6) is 17.2 Å². The van der Waals surface area contributed by atoms with E-state index in [0.717, 1.165) is 24.5 Å². The number of benzene rings is 2. The van der Waals surface area contributed by atoms with Crippen molar-refractivity contribution in [1.82, 2.24) is 4.98 Å². The summed E-state index contributed by atoms with van der Waals surface area (Å²) in [5, 5.41) is 0. The number of nitrogens with zero attached hydrogens (tertiary/aromatic N) is 1. The van der Waals surface area contributed by atoms with Crippen molar-refractivity contribution >= 4 is 0 Å². The lowest BCUT2D eigenvalue weighted by Crippen LogP contribution is -2.10. The van der Waals surface area contributed by atoms with E-state index in [1.165, 1.54) is 19.2 Å². The average Bonchev–Trinajstić information content (AvgIpc) is 3.28. The maximum absolute atomic E-state index is 12.8. The number of pyridine rings is 1. The molecule has 2 atom stereocenters. The first-order valence-electron chi connectivity index (χ1n) is 11.0. The van der Waals surface area contributed by atoms with Crippen LogP contribution in [-0.4, -0.2) is 24.8 Å². The number of rotatable bonds is 7. The fourth-order valence-electron chi connectivity index (χ4n) is 3.56. The van der Waals surface area contributed by atoms with Crippen LogP contribution in [0, 0.1) is 18.6 Å². The second-order valence-electron chi connectivity index (χ2n) is 7.88. The molecule has 0 bridgehead atoms. The highest BCUT2D eigenvalue weighted by Gasteiger charge is 2.27. The van der Waals surface area contributed by atoms with Gasteiger partial charge in [-0.05, 0) is 44.4 Å². The van der Waals surface area contributed by atoms with Crippen molar-refractivity contribution in [2.45, 2.75) is 52.1 Å². The molecule has 0 aliphatic carbocycles. The van der Waals surface area contributed by atoms with Gasteiger partial charge in [-0.15, -0.1) is 0 Å². The molecule has 2 heterocycles. The Morgan fingerprint density at radius 1 is 1.03 bits per heavy atom. The first-order valence-corrected chi connectivity index (χ1v) is 11.0. The standard InChI is InChI=1S/C19H21F2NO3.C7H6F2O/c1-12-8-9-16(24-12)15-10-17(18(13(2)22-15)25-19(20)21)23-11-14-6-4-3-5-7-14;1-10-6-4-2-3-5(8)7(6)9/h3-7,10,12,16,19H,8-9,11H2,1-2H3;2-4H,1H3. The number of methoxy groups -OCH3 is 1. The minimum atomic E-state index is -2.94. The van der Waals surface area contributed by atoms with Gasteiger partial charge in [-0.3, -0.25) is 4.98 Å². The maximum atomic E-state index is 12.8. The third-order valence-corrected chi connectivity index (χ3v) is 5.27. The van der Waals surface area contributed by atoms with E-state index in [0.29, 0.717) is 11.4 Å². The van der Waals surface area contributed by atoms with Crippen LogP contribution >= 0.6 is 0 Å². The van der Waals surface area contributed by atoms with Crippen molar-refractivity contribution in [1.29, 1.82) is 0 Å². The van der Waals surface area contributed by atoms with Gasteiger partial charge in [-0.2, -0.15) is 13.2 Å². The first kappa shape index (κ1) is 26.3. The molecule has 0 N–H and O–H groups in total. The summed E-state index contributed by atoms with van der Waals surface area (Å²) in [6.07, 6.45) is 1.81. The smallest absolute Gasteiger partial charge is 0.387 e. The highest BCUT2D eigenvalue weighted by atomic mass is 19.3. The van der Waals surface area contributed by atoms with E-state index in [1.807, 2.05) is 37.3 Å². The number of aryl methyl sites for hydroxylation is 1. The van der Waals surface area contributed by atoms with Crippen LogP contribution in [0.4, 0.5) is 17.6 Å². The number of halogens is 4. The summed E-state index contributed by atoms with van der Waals surface area (Å²) >= 11 is 0. The summed E-state index contributed by atoms with van der Waals surface area (Å²) in [7, 11) is 1.29. The third-order valence-electron chi connectivity index (χ3n) is 5.27. The lowest BCUT2D eigenvalue weighted by molar-refractivity contribution is -0.0524. The quantitative estimate of drug-likeness (QED) is 0.340. The van der Waals surface area contributed by atoms with Crippen LogP contribution in [0.3, 0.4) is 0 Å². The minimum Gasteiger partial charge on any atom is -0.494 e. The highest BCUT2D eigenvalue weighted by molar-refractivity contribution is 5.45. The van der Waals surface area contributed by atoms with Gasteiger partial charge >= 0.3 is 6.61 Å². The van der Waals surface area contributed by atoms with E-state index in [-0.39, 0.29) is 36.1 Å². The predicted molar refractivity (Wildman–Crippen MR) is 122 cm³/mol. The fraction of sp³-hybridized carbons (Fsp3) is 0.346. The molecule has 2 unspecified atom stereocenters. The molecule has 1 aromatic heterocycles. The van der Waals surface area contributed by atoms with Gasteiger partial charge in [0.1, 0.15) is 12.7 Å². The zero-order chi connectivity index (χ0) is 25.4. The molecule has 188 valence electrons. The summed E-state index contributed by atoms with van der Waals surface area (Å²) in [5.41, 5.74) is 1.99. The summed E-state index contributed by atoms with van der Waals surface area (Å²) in [6.45, 7) is 0.960. The Labute approximate surface area is 201 Å². The summed E-state index contributed by atoms with van der Waals surface area (Å²) < 4.78 is 71.1. The number of alkyl halides is 2. The Morgan fingerprint density at radius 3 is 2.37 bits per heavy atom. The first-order chi connectivity index (χ1) is 16.8. The Bertz CT molecular complexity index is 1100.